The quantitative estimate of drug-likeness (QED) is 0.834. The van der Waals surface area contributed by atoms with E-state index in [4.69, 9.17) is 0 Å². The summed E-state index contributed by atoms with van der Waals surface area (Å²) in [6.07, 6.45) is 0.686. The molecule has 0 bridgehead atoms. The summed E-state index contributed by atoms with van der Waals surface area (Å²) >= 11 is 0. The average Bonchev–Trinajstić information content (AvgIpc) is 2.77. The van der Waals surface area contributed by atoms with E-state index in [2.05, 4.69) is 5.32 Å². The molecule has 1 N–H and O–H groups in total. The second kappa shape index (κ2) is 4.48. The number of likely N-dealkylation sites (tertiary alicyclic amines) is 1. The molecule has 0 radical (unpaired) electrons. The Morgan fingerprint density at radius 1 is 1.39 bits per heavy atom. The predicted octanol–water partition coefficient (Wildman–Crippen LogP) is 0.602. The molecule has 2 rings (SSSR count). The molecule has 1 aliphatic rings. The van der Waals surface area contributed by atoms with Gasteiger partial charge < -0.3 is 14.8 Å². The molecule has 1 atom stereocenters. The lowest BCUT2D eigenvalue weighted by atomic mass is 10.2. The zero-order valence-corrected chi connectivity index (χ0v) is 11.3. The van der Waals surface area contributed by atoms with E-state index in [0.717, 1.165) is 11.4 Å². The van der Waals surface area contributed by atoms with Gasteiger partial charge in [0.2, 0.25) is 5.91 Å². The third-order valence-corrected chi connectivity index (χ3v) is 3.75. The Balaban J connectivity index is 2.13. The van der Waals surface area contributed by atoms with E-state index in [1.54, 1.807) is 11.9 Å². The maximum atomic E-state index is 12.1. The molecule has 5 nitrogen and oxygen atoms in total. The van der Waals surface area contributed by atoms with E-state index in [-0.39, 0.29) is 17.9 Å². The molecule has 0 saturated carbocycles. The Morgan fingerprint density at radius 3 is 2.50 bits per heavy atom. The highest BCUT2D eigenvalue weighted by Crippen LogP contribution is 2.15. The van der Waals surface area contributed by atoms with Gasteiger partial charge in [0.05, 0.1) is 5.56 Å². The average molecular weight is 249 g/mol. The molecule has 0 spiro atoms. The number of aryl methyl sites for hydroxylation is 1. The highest BCUT2D eigenvalue weighted by molar-refractivity contribution is 5.99. The first-order chi connectivity index (χ1) is 8.41. The van der Waals surface area contributed by atoms with Gasteiger partial charge in [0, 0.05) is 32.0 Å². The normalized spacial score (nSPS) is 19.4. The summed E-state index contributed by atoms with van der Waals surface area (Å²) in [7, 11) is 3.68. The fraction of sp³-hybridized carbons (Fsp3) is 0.538. The Kier molecular flexibility index (Phi) is 3.15. The van der Waals surface area contributed by atoms with Crippen LogP contribution in [0.15, 0.2) is 6.07 Å². The molecule has 2 amide bonds. The summed E-state index contributed by atoms with van der Waals surface area (Å²) in [6, 6.07) is 1.48. The second-order valence-corrected chi connectivity index (χ2v) is 4.92. The van der Waals surface area contributed by atoms with Crippen LogP contribution >= 0.6 is 0 Å². The van der Waals surface area contributed by atoms with E-state index < -0.39 is 0 Å². The first-order valence-electron chi connectivity index (χ1n) is 6.10. The minimum Gasteiger partial charge on any atom is -0.351 e. The molecule has 1 aromatic heterocycles. The number of hydrogen-bond donors (Lipinski definition) is 1. The number of aromatic nitrogens is 1. The summed E-state index contributed by atoms with van der Waals surface area (Å²) in [5, 5.41) is 2.81. The van der Waals surface area contributed by atoms with Crippen LogP contribution in [0.5, 0.6) is 0 Å². The number of hydrogen-bond acceptors (Lipinski definition) is 2. The van der Waals surface area contributed by atoms with E-state index in [9.17, 15) is 9.59 Å². The van der Waals surface area contributed by atoms with Crippen LogP contribution < -0.4 is 5.32 Å². The van der Waals surface area contributed by atoms with Crippen LogP contribution in [0.2, 0.25) is 0 Å². The predicted molar refractivity (Wildman–Crippen MR) is 68.4 cm³/mol. The van der Waals surface area contributed by atoms with Crippen LogP contribution in [0.3, 0.4) is 0 Å². The van der Waals surface area contributed by atoms with Crippen LogP contribution in [-0.2, 0) is 11.8 Å². The molecule has 1 fully saturated rings. The van der Waals surface area contributed by atoms with Crippen LogP contribution in [0.4, 0.5) is 0 Å². The zero-order chi connectivity index (χ0) is 13.4. The Hall–Kier alpha value is -1.78. The number of carbonyl (C=O) groups excluding carboxylic acids is 2. The van der Waals surface area contributed by atoms with Gasteiger partial charge in [-0.2, -0.15) is 0 Å². The monoisotopic (exact) mass is 249 g/mol. The van der Waals surface area contributed by atoms with E-state index in [1.807, 2.05) is 31.5 Å². The van der Waals surface area contributed by atoms with Gasteiger partial charge in [-0.15, -0.1) is 0 Å². The molecule has 1 aliphatic heterocycles. The highest BCUT2D eigenvalue weighted by Gasteiger charge is 2.31. The molecular weight excluding hydrogens is 230 g/mol. The van der Waals surface area contributed by atoms with Crippen molar-refractivity contribution >= 4 is 11.8 Å². The minimum atomic E-state index is -0.373. The Morgan fingerprint density at radius 2 is 2.06 bits per heavy atom. The number of rotatable bonds is 2. The lowest BCUT2D eigenvalue weighted by Gasteiger charge is -2.12. The van der Waals surface area contributed by atoms with Gasteiger partial charge >= 0.3 is 0 Å². The fourth-order valence-electron chi connectivity index (χ4n) is 2.28. The number of likely N-dealkylation sites (N-methyl/N-ethyl adjacent to an activating group) is 1. The molecule has 5 heteroatoms. The van der Waals surface area contributed by atoms with Crippen molar-refractivity contribution in [1.29, 1.82) is 0 Å². The number of carbonyl (C=O) groups is 2. The van der Waals surface area contributed by atoms with Gasteiger partial charge in [0.25, 0.3) is 5.91 Å². The molecule has 1 saturated heterocycles. The molecule has 1 aromatic rings. The van der Waals surface area contributed by atoms with Crippen molar-refractivity contribution in [3.8, 4) is 0 Å². The van der Waals surface area contributed by atoms with Crippen molar-refractivity contribution in [2.75, 3.05) is 13.6 Å². The maximum Gasteiger partial charge on any atom is 0.253 e. The van der Waals surface area contributed by atoms with E-state index in [0.29, 0.717) is 18.5 Å². The van der Waals surface area contributed by atoms with Crippen LogP contribution in [-0.4, -0.2) is 40.9 Å². The fourth-order valence-corrected chi connectivity index (χ4v) is 2.28. The standard InChI is InChI=1S/C13H19N3O2/c1-8-7-10(9(2)16(8)4)12(17)14-11-5-6-15(3)13(11)18/h7,11H,5-6H2,1-4H3,(H,14,17). The van der Waals surface area contributed by atoms with Gasteiger partial charge in [-0.05, 0) is 26.3 Å². The van der Waals surface area contributed by atoms with Gasteiger partial charge in [-0.3, -0.25) is 9.59 Å². The molecule has 0 aromatic carbocycles. The summed E-state index contributed by atoms with van der Waals surface area (Å²) in [4.78, 5) is 25.5. The van der Waals surface area contributed by atoms with Crippen LogP contribution in [0, 0.1) is 13.8 Å². The van der Waals surface area contributed by atoms with E-state index in [1.165, 1.54) is 0 Å². The van der Waals surface area contributed by atoms with Gasteiger partial charge in [0.15, 0.2) is 0 Å². The van der Waals surface area contributed by atoms with Crippen LogP contribution in [0.25, 0.3) is 0 Å². The van der Waals surface area contributed by atoms with Crippen molar-refractivity contribution in [2.45, 2.75) is 26.3 Å². The SMILES string of the molecule is Cc1cc(C(=O)NC2CCN(C)C2=O)c(C)n1C. The molecule has 98 valence electrons. The Bertz CT molecular complexity index is 505. The van der Waals surface area contributed by atoms with Crippen molar-refractivity contribution in [1.82, 2.24) is 14.8 Å². The largest absolute Gasteiger partial charge is 0.351 e. The first-order valence-corrected chi connectivity index (χ1v) is 6.10. The number of nitrogens with zero attached hydrogens (tertiary/aromatic N) is 2. The minimum absolute atomic E-state index is 0.00587. The third-order valence-electron chi connectivity index (χ3n) is 3.75. The lowest BCUT2D eigenvalue weighted by Crippen LogP contribution is -2.40. The Labute approximate surface area is 107 Å². The first kappa shape index (κ1) is 12.7. The summed E-state index contributed by atoms with van der Waals surface area (Å²) < 4.78 is 1.97. The van der Waals surface area contributed by atoms with Gasteiger partial charge in [-0.1, -0.05) is 0 Å². The molecule has 2 heterocycles. The van der Waals surface area contributed by atoms with E-state index >= 15 is 0 Å². The molecule has 0 aliphatic carbocycles. The number of amides is 2. The molecular formula is C13H19N3O2. The van der Waals surface area contributed by atoms with Crippen molar-refractivity contribution < 1.29 is 9.59 Å². The second-order valence-electron chi connectivity index (χ2n) is 4.92. The molecule has 1 unspecified atom stereocenters. The van der Waals surface area contributed by atoms with Gasteiger partial charge in [0.1, 0.15) is 6.04 Å². The van der Waals surface area contributed by atoms with Crippen molar-refractivity contribution in [3.05, 3.63) is 23.0 Å². The van der Waals surface area contributed by atoms with Gasteiger partial charge in [-0.25, -0.2) is 0 Å². The van der Waals surface area contributed by atoms with Crippen molar-refractivity contribution in [3.63, 3.8) is 0 Å². The summed E-state index contributed by atoms with van der Waals surface area (Å²) in [5.74, 6) is -0.168. The smallest absolute Gasteiger partial charge is 0.253 e. The topological polar surface area (TPSA) is 54.3 Å². The maximum absolute atomic E-state index is 12.1. The summed E-state index contributed by atoms with van der Waals surface area (Å²) in [6.45, 7) is 4.57. The summed E-state index contributed by atoms with van der Waals surface area (Å²) in [5.41, 5.74) is 2.61. The molecule has 18 heavy (non-hydrogen) atoms. The third kappa shape index (κ3) is 2.00. The lowest BCUT2D eigenvalue weighted by molar-refractivity contribution is -0.128. The highest BCUT2D eigenvalue weighted by atomic mass is 16.2. The zero-order valence-electron chi connectivity index (χ0n) is 11.3. The number of nitrogens with one attached hydrogen (secondary N) is 1. The van der Waals surface area contributed by atoms with Crippen LogP contribution in [0.1, 0.15) is 28.2 Å². The van der Waals surface area contributed by atoms with Crippen molar-refractivity contribution in [2.24, 2.45) is 7.05 Å².